The Hall–Kier alpha value is -2.17. The molecule has 5 nitrogen and oxygen atoms in total. The van der Waals surface area contributed by atoms with Gasteiger partial charge in [-0.1, -0.05) is 0 Å². The van der Waals surface area contributed by atoms with Crippen molar-refractivity contribution in [2.24, 2.45) is 13.0 Å². The van der Waals surface area contributed by atoms with E-state index in [0.717, 1.165) is 37.3 Å². The molecular formula is C17H22N4O. The average Bonchev–Trinajstić information content (AvgIpc) is 2.94. The summed E-state index contributed by atoms with van der Waals surface area (Å²) in [6.07, 6.45) is 6.94. The van der Waals surface area contributed by atoms with Crippen LogP contribution in [-0.4, -0.2) is 38.7 Å². The molecule has 1 amide bonds. The zero-order valence-corrected chi connectivity index (χ0v) is 13.2. The van der Waals surface area contributed by atoms with Gasteiger partial charge < -0.3 is 4.90 Å². The number of carbonyl (C=O) groups is 1. The van der Waals surface area contributed by atoms with Crippen molar-refractivity contribution < 1.29 is 4.79 Å². The fourth-order valence-corrected chi connectivity index (χ4v) is 3.22. The predicted molar refractivity (Wildman–Crippen MR) is 85.1 cm³/mol. The Balaban J connectivity index is 1.73. The standard InChI is InChI=1S/C17H22N4O/c1-13(22)21-9-3-4-15(12-21)10-14-5-7-18-16(11-14)17-6-8-19-20(17)2/h5-8,11,15H,3-4,9-10,12H2,1-2H3/t15-/m1/s1. The van der Waals surface area contributed by atoms with Crippen LogP contribution in [0.5, 0.6) is 0 Å². The SMILES string of the molecule is CC(=O)N1CCC[C@H](Cc2ccnc(-c3ccnn3C)c2)C1. The van der Waals surface area contributed by atoms with Gasteiger partial charge in [0.05, 0.1) is 11.4 Å². The third-order valence-corrected chi connectivity index (χ3v) is 4.40. The Morgan fingerprint density at radius 2 is 2.23 bits per heavy atom. The summed E-state index contributed by atoms with van der Waals surface area (Å²) < 4.78 is 1.84. The number of pyridine rings is 1. The molecule has 0 radical (unpaired) electrons. The molecule has 1 fully saturated rings. The van der Waals surface area contributed by atoms with Crippen molar-refractivity contribution >= 4 is 5.91 Å². The Bertz CT molecular complexity index is 664. The van der Waals surface area contributed by atoms with Crippen LogP contribution >= 0.6 is 0 Å². The lowest BCUT2D eigenvalue weighted by Gasteiger charge is -2.32. The van der Waals surface area contributed by atoms with E-state index >= 15 is 0 Å². The number of carbonyl (C=O) groups excluding carboxylic acids is 1. The second-order valence-electron chi connectivity index (χ2n) is 6.07. The van der Waals surface area contributed by atoms with E-state index in [2.05, 4.69) is 22.2 Å². The molecule has 2 aromatic heterocycles. The molecule has 22 heavy (non-hydrogen) atoms. The van der Waals surface area contributed by atoms with Crippen LogP contribution in [-0.2, 0) is 18.3 Å². The number of rotatable bonds is 3. The summed E-state index contributed by atoms with van der Waals surface area (Å²) >= 11 is 0. The molecule has 0 aromatic carbocycles. The monoisotopic (exact) mass is 298 g/mol. The van der Waals surface area contributed by atoms with E-state index in [0.29, 0.717) is 5.92 Å². The molecule has 0 saturated carbocycles. The Morgan fingerprint density at radius 3 is 2.95 bits per heavy atom. The molecule has 1 aliphatic rings. The maximum Gasteiger partial charge on any atom is 0.219 e. The number of piperidine rings is 1. The smallest absolute Gasteiger partial charge is 0.219 e. The van der Waals surface area contributed by atoms with Crippen LogP contribution in [0.2, 0.25) is 0 Å². The predicted octanol–water partition coefficient (Wildman–Crippen LogP) is 2.28. The molecule has 3 heterocycles. The highest BCUT2D eigenvalue weighted by Crippen LogP contribution is 2.23. The summed E-state index contributed by atoms with van der Waals surface area (Å²) in [4.78, 5) is 18.0. The third kappa shape index (κ3) is 3.18. The van der Waals surface area contributed by atoms with Gasteiger partial charge in [0.2, 0.25) is 5.91 Å². The van der Waals surface area contributed by atoms with Crippen molar-refractivity contribution in [1.82, 2.24) is 19.7 Å². The molecule has 0 N–H and O–H groups in total. The molecule has 0 aliphatic carbocycles. The van der Waals surface area contributed by atoms with Crippen molar-refractivity contribution in [2.45, 2.75) is 26.2 Å². The van der Waals surface area contributed by atoms with E-state index in [-0.39, 0.29) is 5.91 Å². The lowest BCUT2D eigenvalue weighted by atomic mass is 9.91. The first-order valence-electron chi connectivity index (χ1n) is 7.82. The molecule has 1 atom stereocenters. The van der Waals surface area contributed by atoms with Crippen LogP contribution in [0.3, 0.4) is 0 Å². The molecule has 3 rings (SSSR count). The maximum atomic E-state index is 11.6. The lowest BCUT2D eigenvalue weighted by molar-refractivity contribution is -0.130. The first-order valence-corrected chi connectivity index (χ1v) is 7.82. The maximum absolute atomic E-state index is 11.6. The topological polar surface area (TPSA) is 51.0 Å². The zero-order valence-electron chi connectivity index (χ0n) is 13.2. The third-order valence-electron chi connectivity index (χ3n) is 4.40. The molecule has 0 unspecified atom stereocenters. The fraction of sp³-hybridized carbons (Fsp3) is 0.471. The van der Waals surface area contributed by atoms with Gasteiger partial charge in [-0.05, 0) is 48.9 Å². The van der Waals surface area contributed by atoms with E-state index in [1.165, 1.54) is 12.0 Å². The van der Waals surface area contributed by atoms with Gasteiger partial charge in [-0.25, -0.2) is 0 Å². The molecule has 2 aromatic rings. The molecule has 0 spiro atoms. The second-order valence-corrected chi connectivity index (χ2v) is 6.07. The zero-order chi connectivity index (χ0) is 15.5. The molecule has 0 bridgehead atoms. The van der Waals surface area contributed by atoms with E-state index in [9.17, 15) is 4.79 Å². The van der Waals surface area contributed by atoms with Crippen molar-refractivity contribution in [3.8, 4) is 11.4 Å². The van der Waals surface area contributed by atoms with Gasteiger partial charge in [0.25, 0.3) is 0 Å². The van der Waals surface area contributed by atoms with Crippen LogP contribution in [0.1, 0.15) is 25.3 Å². The Labute approximate surface area is 131 Å². The van der Waals surface area contributed by atoms with E-state index in [1.807, 2.05) is 28.9 Å². The summed E-state index contributed by atoms with van der Waals surface area (Å²) in [5, 5.41) is 4.20. The first kappa shape index (κ1) is 14.8. The molecule has 116 valence electrons. The van der Waals surface area contributed by atoms with Gasteiger partial charge >= 0.3 is 0 Å². The number of aryl methyl sites for hydroxylation is 1. The van der Waals surface area contributed by atoms with Crippen molar-refractivity contribution in [3.63, 3.8) is 0 Å². The minimum absolute atomic E-state index is 0.190. The van der Waals surface area contributed by atoms with E-state index < -0.39 is 0 Å². The van der Waals surface area contributed by atoms with Crippen molar-refractivity contribution in [3.05, 3.63) is 36.2 Å². The Morgan fingerprint density at radius 1 is 1.36 bits per heavy atom. The summed E-state index contributed by atoms with van der Waals surface area (Å²) in [6.45, 7) is 3.44. The number of hydrogen-bond acceptors (Lipinski definition) is 3. The van der Waals surface area contributed by atoms with Crippen molar-refractivity contribution in [2.75, 3.05) is 13.1 Å². The Kier molecular flexibility index (Phi) is 4.22. The van der Waals surface area contributed by atoms with Crippen LogP contribution < -0.4 is 0 Å². The van der Waals surface area contributed by atoms with E-state index in [1.54, 1.807) is 13.1 Å². The van der Waals surface area contributed by atoms with Crippen LogP contribution in [0.4, 0.5) is 0 Å². The van der Waals surface area contributed by atoms with Gasteiger partial charge in [0, 0.05) is 39.5 Å². The van der Waals surface area contributed by atoms with Crippen LogP contribution in [0.25, 0.3) is 11.4 Å². The molecule has 5 heteroatoms. The second kappa shape index (κ2) is 6.30. The summed E-state index contributed by atoms with van der Waals surface area (Å²) in [7, 11) is 1.93. The fourth-order valence-electron chi connectivity index (χ4n) is 3.22. The number of likely N-dealkylation sites (tertiary alicyclic amines) is 1. The largest absolute Gasteiger partial charge is 0.343 e. The van der Waals surface area contributed by atoms with Crippen LogP contribution in [0, 0.1) is 5.92 Å². The van der Waals surface area contributed by atoms with Gasteiger partial charge in [-0.15, -0.1) is 0 Å². The highest BCUT2D eigenvalue weighted by molar-refractivity contribution is 5.73. The minimum Gasteiger partial charge on any atom is -0.343 e. The van der Waals surface area contributed by atoms with Crippen LogP contribution in [0.15, 0.2) is 30.6 Å². The van der Waals surface area contributed by atoms with E-state index in [4.69, 9.17) is 0 Å². The average molecular weight is 298 g/mol. The normalized spacial score (nSPS) is 18.5. The van der Waals surface area contributed by atoms with Gasteiger partial charge in [0.15, 0.2) is 0 Å². The molecule has 1 saturated heterocycles. The van der Waals surface area contributed by atoms with Gasteiger partial charge in [-0.2, -0.15) is 5.10 Å². The summed E-state index contributed by atoms with van der Waals surface area (Å²) in [6, 6.07) is 6.19. The summed E-state index contributed by atoms with van der Waals surface area (Å²) in [5.74, 6) is 0.731. The van der Waals surface area contributed by atoms with Gasteiger partial charge in [-0.3, -0.25) is 14.5 Å². The number of hydrogen-bond donors (Lipinski definition) is 0. The number of nitrogens with zero attached hydrogens (tertiary/aromatic N) is 4. The first-order chi connectivity index (χ1) is 10.6. The van der Waals surface area contributed by atoms with Crippen molar-refractivity contribution in [1.29, 1.82) is 0 Å². The quantitative estimate of drug-likeness (QED) is 0.873. The minimum atomic E-state index is 0.190. The molecular weight excluding hydrogens is 276 g/mol. The number of amides is 1. The summed E-state index contributed by atoms with van der Waals surface area (Å²) in [5.41, 5.74) is 3.26. The number of aromatic nitrogens is 3. The molecule has 1 aliphatic heterocycles. The lowest BCUT2D eigenvalue weighted by Crippen LogP contribution is -2.39. The highest BCUT2D eigenvalue weighted by atomic mass is 16.2. The highest BCUT2D eigenvalue weighted by Gasteiger charge is 2.21. The van der Waals surface area contributed by atoms with Gasteiger partial charge in [0.1, 0.15) is 0 Å².